The molecule has 0 amide bonds. The molecule has 286 valence electrons. The van der Waals surface area contributed by atoms with Crippen molar-refractivity contribution < 1.29 is 4.74 Å². The zero-order valence-electron chi connectivity index (χ0n) is 32.8. The van der Waals surface area contributed by atoms with Crippen LogP contribution in [0, 0.1) is 0 Å². The number of ether oxygens (including phenoxy) is 1. The third kappa shape index (κ3) is 6.72. The maximum absolute atomic E-state index is 6.34. The topological polar surface area (TPSA) is 45.3 Å². The van der Waals surface area contributed by atoms with Crippen molar-refractivity contribution in [3.8, 4) is 5.75 Å². The van der Waals surface area contributed by atoms with Gasteiger partial charge in [0.05, 0.1) is 18.5 Å². The summed E-state index contributed by atoms with van der Waals surface area (Å²) in [4.78, 5) is 0. The summed E-state index contributed by atoms with van der Waals surface area (Å²) in [5, 5.41) is 14.6. The van der Waals surface area contributed by atoms with Gasteiger partial charge in [-0.05, 0) is 131 Å². The van der Waals surface area contributed by atoms with Gasteiger partial charge in [-0.1, -0.05) is 134 Å². The minimum absolute atomic E-state index is 0.0135. The smallest absolute Gasteiger partial charge is 0.123 e. The predicted octanol–water partition coefficient (Wildman–Crippen LogP) is 11.7. The fourth-order valence-electron chi connectivity index (χ4n) is 10.8. The Labute approximate surface area is 337 Å². The number of hydrogen-bond acceptors (Lipinski definition) is 4. The van der Waals surface area contributed by atoms with Gasteiger partial charge in [-0.15, -0.1) is 0 Å². The Bertz CT molecular complexity index is 2420. The Hall–Kier alpha value is -5.00. The Kier molecular flexibility index (Phi) is 9.30. The molecule has 4 heteroatoms. The average Bonchev–Trinajstić information content (AvgIpc) is 3.67. The van der Waals surface area contributed by atoms with Crippen LogP contribution in [0.5, 0.6) is 5.75 Å². The van der Waals surface area contributed by atoms with E-state index in [9.17, 15) is 0 Å². The molecule has 4 aromatic carbocycles. The highest BCUT2D eigenvalue weighted by atomic mass is 16.5. The van der Waals surface area contributed by atoms with Crippen LogP contribution in [-0.2, 0) is 6.42 Å². The van der Waals surface area contributed by atoms with Crippen molar-refractivity contribution in [2.75, 3.05) is 0 Å². The molecule has 7 aliphatic rings. The molecule has 1 saturated carbocycles. The van der Waals surface area contributed by atoms with Gasteiger partial charge in [0.15, 0.2) is 0 Å². The third-order valence-corrected chi connectivity index (χ3v) is 13.9. The molecule has 0 aromatic heterocycles. The van der Waals surface area contributed by atoms with Crippen LogP contribution in [0.2, 0.25) is 0 Å². The second-order valence-corrected chi connectivity index (χ2v) is 17.3. The van der Waals surface area contributed by atoms with Gasteiger partial charge in [0, 0.05) is 23.3 Å². The lowest BCUT2D eigenvalue weighted by atomic mass is 9.80. The molecule has 4 aromatic rings. The van der Waals surface area contributed by atoms with Gasteiger partial charge >= 0.3 is 0 Å². The van der Waals surface area contributed by atoms with Crippen LogP contribution in [0.1, 0.15) is 121 Å². The van der Waals surface area contributed by atoms with Crippen LogP contribution in [0.3, 0.4) is 0 Å². The van der Waals surface area contributed by atoms with Crippen LogP contribution in [0.4, 0.5) is 0 Å². The lowest BCUT2D eigenvalue weighted by molar-refractivity contribution is 0.164. The molecule has 0 radical (unpaired) electrons. The average molecular weight is 748 g/mol. The minimum Gasteiger partial charge on any atom is -0.489 e. The third-order valence-electron chi connectivity index (χ3n) is 13.9. The van der Waals surface area contributed by atoms with Crippen molar-refractivity contribution >= 4 is 22.4 Å². The van der Waals surface area contributed by atoms with E-state index in [0.29, 0.717) is 23.9 Å². The number of allylic oxidation sites excluding steroid dienone is 10. The van der Waals surface area contributed by atoms with E-state index in [2.05, 4.69) is 156 Å². The summed E-state index contributed by atoms with van der Waals surface area (Å²) < 4.78 is 6.34. The fourth-order valence-corrected chi connectivity index (χ4v) is 10.8. The maximum Gasteiger partial charge on any atom is 0.123 e. The van der Waals surface area contributed by atoms with Crippen LogP contribution < -0.4 is 20.7 Å². The van der Waals surface area contributed by atoms with E-state index in [0.717, 1.165) is 44.3 Å². The number of nitrogens with one attached hydrogen (secondary N) is 3. The molecule has 5 aliphatic carbocycles. The summed E-state index contributed by atoms with van der Waals surface area (Å²) >= 11 is 0. The molecule has 4 nitrogen and oxygen atoms in total. The van der Waals surface area contributed by atoms with E-state index in [1.54, 1.807) is 0 Å². The Morgan fingerprint density at radius 1 is 0.649 bits per heavy atom. The lowest BCUT2D eigenvalue weighted by Crippen LogP contribution is -2.64. The molecule has 57 heavy (non-hydrogen) atoms. The van der Waals surface area contributed by atoms with Gasteiger partial charge in [0.2, 0.25) is 0 Å². The van der Waals surface area contributed by atoms with E-state index >= 15 is 0 Å². The number of fused-ring (bicyclic) bond motifs is 6. The quantitative estimate of drug-likeness (QED) is 0.184. The van der Waals surface area contributed by atoms with Crippen molar-refractivity contribution in [1.82, 2.24) is 16.0 Å². The summed E-state index contributed by atoms with van der Waals surface area (Å²) in [5.74, 6) is 2.49. The van der Waals surface area contributed by atoms with Crippen LogP contribution in [0.25, 0.3) is 22.4 Å². The first kappa shape index (κ1) is 35.2. The molecular weight excluding hydrogens is 695 g/mol. The van der Waals surface area contributed by atoms with E-state index in [1.165, 1.54) is 92.1 Å². The molecule has 7 unspecified atom stereocenters. The van der Waals surface area contributed by atoms with Crippen LogP contribution in [0.15, 0.2) is 145 Å². The molecule has 2 heterocycles. The first-order valence-electron chi connectivity index (χ1n) is 21.7. The number of rotatable bonds is 6. The molecule has 2 fully saturated rings. The number of hydrogen-bond donors (Lipinski definition) is 3. The molecule has 0 bridgehead atoms. The van der Waals surface area contributed by atoms with Crippen LogP contribution in [-0.4, -0.2) is 18.4 Å². The first-order chi connectivity index (χ1) is 28.2. The van der Waals surface area contributed by atoms with Gasteiger partial charge in [0.25, 0.3) is 0 Å². The first-order valence-corrected chi connectivity index (χ1v) is 21.7. The summed E-state index contributed by atoms with van der Waals surface area (Å²) in [6.45, 7) is 0. The van der Waals surface area contributed by atoms with Gasteiger partial charge in [-0.3, -0.25) is 16.0 Å². The SMILES string of the molecule is C1=CCCC(C2NC(C3=CCC(c4cc5ccccc5c5c4C=CCC5)C=C3)NC(c3ccc(C4=CCC(c5ccc6c(c5)C5CCCCC5O6)C=C4)cc3)N2)=C1. The highest BCUT2D eigenvalue weighted by molar-refractivity contribution is 5.91. The van der Waals surface area contributed by atoms with Gasteiger partial charge in [-0.2, -0.15) is 0 Å². The zero-order valence-corrected chi connectivity index (χ0v) is 32.8. The molecule has 0 spiro atoms. The lowest BCUT2D eigenvalue weighted by Gasteiger charge is -2.41. The monoisotopic (exact) mass is 747 g/mol. The number of aryl methyl sites for hydroxylation is 1. The Balaban J connectivity index is 0.802. The maximum atomic E-state index is 6.34. The number of benzene rings is 4. The second kappa shape index (κ2) is 15.1. The summed E-state index contributed by atoms with van der Waals surface area (Å²) in [6, 6.07) is 27.6. The highest BCUT2D eigenvalue weighted by Crippen LogP contribution is 2.47. The summed E-state index contributed by atoms with van der Waals surface area (Å²) in [6.07, 6.45) is 38.1. The van der Waals surface area contributed by atoms with Crippen molar-refractivity contribution in [3.05, 3.63) is 184 Å². The van der Waals surface area contributed by atoms with Crippen molar-refractivity contribution in [3.63, 3.8) is 0 Å². The summed E-state index contributed by atoms with van der Waals surface area (Å²) in [5.41, 5.74) is 13.9. The largest absolute Gasteiger partial charge is 0.489 e. The Morgan fingerprint density at radius 3 is 2.33 bits per heavy atom. The molecule has 2 aliphatic heterocycles. The normalized spacial score (nSPS) is 28.8. The van der Waals surface area contributed by atoms with Gasteiger partial charge in [-0.25, -0.2) is 0 Å². The second-order valence-electron chi connectivity index (χ2n) is 17.3. The molecule has 1 saturated heterocycles. The zero-order chi connectivity index (χ0) is 37.7. The van der Waals surface area contributed by atoms with E-state index in [-0.39, 0.29) is 18.5 Å². The molecule has 7 atom stereocenters. The Morgan fingerprint density at radius 2 is 1.47 bits per heavy atom. The molecule has 3 N–H and O–H groups in total. The van der Waals surface area contributed by atoms with Crippen molar-refractivity contribution in [2.24, 2.45) is 0 Å². The fraction of sp³-hybridized carbons (Fsp3) is 0.321. The van der Waals surface area contributed by atoms with E-state index in [1.807, 2.05) is 0 Å². The van der Waals surface area contributed by atoms with Gasteiger partial charge < -0.3 is 4.74 Å². The molecular formula is C53H53N3O. The van der Waals surface area contributed by atoms with Gasteiger partial charge in [0.1, 0.15) is 11.9 Å². The summed E-state index contributed by atoms with van der Waals surface area (Å²) in [7, 11) is 0. The van der Waals surface area contributed by atoms with Crippen LogP contribution >= 0.6 is 0 Å². The van der Waals surface area contributed by atoms with E-state index in [4.69, 9.17) is 4.74 Å². The highest BCUT2D eigenvalue weighted by Gasteiger charge is 2.37. The standard InChI is InChI=1S/C53H53N3O/c1-2-10-38(11-3-1)51-54-52(56-53(55-51)40-28-24-37(25-29-40)47-33-42-12-4-5-13-43(42)44-14-6-7-15-45(44)47)39-26-22-35(23-27-39)34-18-20-36(21-19-34)41-30-31-50-48(32-41)46-16-8-9-17-49(46)57-50/h1-2,4-5,7,10,12-13,15,18-20,22-24,26-33,36-37,46,49,51-56H,3,6,8-9,11,14,16-17,21,25H2. The van der Waals surface area contributed by atoms with Crippen molar-refractivity contribution in [2.45, 2.75) is 107 Å². The predicted molar refractivity (Wildman–Crippen MR) is 235 cm³/mol. The minimum atomic E-state index is 0.0135. The molecule has 11 rings (SSSR count). The van der Waals surface area contributed by atoms with Crippen molar-refractivity contribution in [1.29, 1.82) is 0 Å². The van der Waals surface area contributed by atoms with E-state index < -0.39 is 0 Å².